The third-order valence-electron chi connectivity index (χ3n) is 4.17. The van der Waals surface area contributed by atoms with Gasteiger partial charge in [-0.25, -0.2) is 9.78 Å². The van der Waals surface area contributed by atoms with Gasteiger partial charge in [-0.15, -0.1) is 0 Å². The van der Waals surface area contributed by atoms with Gasteiger partial charge in [0.1, 0.15) is 5.82 Å². The fourth-order valence-corrected chi connectivity index (χ4v) is 2.59. The SMILES string of the molecule is COC(=O)c1ccc(Nc2cc(C(=O)NCc3ccc(C)cc3)ccn2)cc1. The molecule has 3 rings (SSSR count). The van der Waals surface area contributed by atoms with Crippen LogP contribution in [-0.4, -0.2) is 24.0 Å². The van der Waals surface area contributed by atoms with E-state index in [-0.39, 0.29) is 5.91 Å². The van der Waals surface area contributed by atoms with E-state index < -0.39 is 5.97 Å². The van der Waals surface area contributed by atoms with Crippen molar-refractivity contribution in [2.45, 2.75) is 13.5 Å². The quantitative estimate of drug-likeness (QED) is 0.640. The zero-order valence-electron chi connectivity index (χ0n) is 15.7. The maximum Gasteiger partial charge on any atom is 0.337 e. The molecule has 0 fully saturated rings. The van der Waals surface area contributed by atoms with Gasteiger partial charge in [0.15, 0.2) is 0 Å². The number of hydrogen-bond acceptors (Lipinski definition) is 5. The normalized spacial score (nSPS) is 10.2. The van der Waals surface area contributed by atoms with Gasteiger partial charge in [0.05, 0.1) is 12.7 Å². The molecule has 0 saturated carbocycles. The molecule has 0 unspecified atom stereocenters. The minimum absolute atomic E-state index is 0.174. The maximum absolute atomic E-state index is 12.4. The number of carbonyl (C=O) groups excluding carboxylic acids is 2. The first-order valence-corrected chi connectivity index (χ1v) is 8.80. The minimum Gasteiger partial charge on any atom is -0.465 e. The summed E-state index contributed by atoms with van der Waals surface area (Å²) in [6.07, 6.45) is 1.58. The zero-order valence-corrected chi connectivity index (χ0v) is 15.7. The van der Waals surface area contributed by atoms with Gasteiger partial charge in [0, 0.05) is 24.0 Å². The van der Waals surface area contributed by atoms with Crippen molar-refractivity contribution < 1.29 is 14.3 Å². The summed E-state index contributed by atoms with van der Waals surface area (Å²) >= 11 is 0. The number of nitrogens with one attached hydrogen (secondary N) is 2. The summed E-state index contributed by atoms with van der Waals surface area (Å²) in [5.41, 5.74) is 3.94. The molecule has 0 aliphatic carbocycles. The molecule has 0 aliphatic rings. The minimum atomic E-state index is -0.392. The summed E-state index contributed by atoms with van der Waals surface area (Å²) < 4.78 is 4.68. The van der Waals surface area contributed by atoms with E-state index in [1.54, 1.807) is 42.6 Å². The predicted octanol–water partition coefficient (Wildman–Crippen LogP) is 3.85. The van der Waals surface area contributed by atoms with E-state index in [1.165, 1.54) is 12.7 Å². The second kappa shape index (κ2) is 8.81. The van der Waals surface area contributed by atoms with Crippen molar-refractivity contribution in [3.63, 3.8) is 0 Å². The molecular weight excluding hydrogens is 354 g/mol. The Morgan fingerprint density at radius 1 is 0.964 bits per heavy atom. The fourth-order valence-electron chi connectivity index (χ4n) is 2.59. The number of aromatic nitrogens is 1. The van der Waals surface area contributed by atoms with Gasteiger partial charge in [-0.2, -0.15) is 0 Å². The third kappa shape index (κ3) is 4.94. The van der Waals surface area contributed by atoms with Crippen molar-refractivity contribution in [2.24, 2.45) is 0 Å². The van der Waals surface area contributed by atoms with E-state index in [4.69, 9.17) is 0 Å². The molecule has 6 nitrogen and oxygen atoms in total. The highest BCUT2D eigenvalue weighted by Gasteiger charge is 2.08. The second-order valence-corrected chi connectivity index (χ2v) is 6.29. The van der Waals surface area contributed by atoms with Gasteiger partial charge < -0.3 is 15.4 Å². The van der Waals surface area contributed by atoms with Crippen molar-refractivity contribution >= 4 is 23.4 Å². The van der Waals surface area contributed by atoms with Gasteiger partial charge in [-0.05, 0) is 48.9 Å². The van der Waals surface area contributed by atoms with Gasteiger partial charge >= 0.3 is 5.97 Å². The number of methoxy groups -OCH3 is 1. The first-order valence-electron chi connectivity index (χ1n) is 8.80. The van der Waals surface area contributed by atoms with E-state index >= 15 is 0 Å². The first-order chi connectivity index (χ1) is 13.5. The lowest BCUT2D eigenvalue weighted by Gasteiger charge is -2.09. The van der Waals surface area contributed by atoms with Gasteiger partial charge in [-0.1, -0.05) is 29.8 Å². The molecule has 1 amide bonds. The van der Waals surface area contributed by atoms with Crippen molar-refractivity contribution in [3.05, 3.63) is 89.1 Å². The number of esters is 1. The van der Waals surface area contributed by atoms with Crippen LogP contribution in [0.5, 0.6) is 0 Å². The predicted molar refractivity (Wildman–Crippen MR) is 108 cm³/mol. The lowest BCUT2D eigenvalue weighted by atomic mass is 10.1. The number of pyridine rings is 1. The van der Waals surface area contributed by atoms with Crippen LogP contribution in [0.4, 0.5) is 11.5 Å². The highest BCUT2D eigenvalue weighted by molar-refractivity contribution is 5.95. The van der Waals surface area contributed by atoms with Crippen molar-refractivity contribution in [1.29, 1.82) is 0 Å². The Kier molecular flexibility index (Phi) is 6.01. The highest BCUT2D eigenvalue weighted by Crippen LogP contribution is 2.17. The van der Waals surface area contributed by atoms with Crippen LogP contribution in [0.25, 0.3) is 0 Å². The van der Waals surface area contributed by atoms with Crippen LogP contribution in [0.15, 0.2) is 66.9 Å². The van der Waals surface area contributed by atoms with Crippen LogP contribution in [-0.2, 0) is 11.3 Å². The average molecular weight is 375 g/mol. The number of hydrogen-bond donors (Lipinski definition) is 2. The molecule has 142 valence electrons. The van der Waals surface area contributed by atoms with E-state index in [1.807, 2.05) is 31.2 Å². The molecule has 0 aliphatic heterocycles. The van der Waals surface area contributed by atoms with E-state index in [0.29, 0.717) is 23.5 Å². The fraction of sp³-hybridized carbons (Fsp3) is 0.136. The molecule has 6 heteroatoms. The standard InChI is InChI=1S/C22H21N3O3/c1-15-3-5-16(6-4-15)14-24-21(26)18-11-12-23-20(13-18)25-19-9-7-17(8-10-19)22(27)28-2/h3-13H,14H2,1-2H3,(H,23,25)(H,24,26). The Labute approximate surface area is 163 Å². The van der Waals surface area contributed by atoms with Crippen molar-refractivity contribution in [1.82, 2.24) is 10.3 Å². The average Bonchev–Trinajstić information content (AvgIpc) is 2.73. The zero-order chi connectivity index (χ0) is 19.9. The number of benzene rings is 2. The van der Waals surface area contributed by atoms with Crippen LogP contribution >= 0.6 is 0 Å². The number of rotatable bonds is 6. The van der Waals surface area contributed by atoms with Gasteiger partial charge in [0.25, 0.3) is 5.91 Å². The molecule has 1 aromatic heterocycles. The monoisotopic (exact) mass is 375 g/mol. The van der Waals surface area contributed by atoms with Crippen molar-refractivity contribution in [2.75, 3.05) is 12.4 Å². The molecule has 0 radical (unpaired) electrons. The van der Waals surface area contributed by atoms with E-state index in [0.717, 1.165) is 11.3 Å². The summed E-state index contributed by atoms with van der Waals surface area (Å²) in [4.78, 5) is 28.1. The number of amides is 1. The number of aryl methyl sites for hydroxylation is 1. The molecule has 0 bridgehead atoms. The Bertz CT molecular complexity index is 967. The van der Waals surface area contributed by atoms with Gasteiger partial charge in [-0.3, -0.25) is 4.79 Å². The Balaban J connectivity index is 1.63. The maximum atomic E-state index is 12.4. The summed E-state index contributed by atoms with van der Waals surface area (Å²) in [5, 5.41) is 6.03. The topological polar surface area (TPSA) is 80.3 Å². The molecule has 2 N–H and O–H groups in total. The summed E-state index contributed by atoms with van der Waals surface area (Å²) in [7, 11) is 1.34. The molecule has 28 heavy (non-hydrogen) atoms. The Morgan fingerprint density at radius 3 is 2.36 bits per heavy atom. The number of nitrogens with zero attached hydrogens (tertiary/aromatic N) is 1. The molecular formula is C22H21N3O3. The molecule has 0 spiro atoms. The summed E-state index contributed by atoms with van der Waals surface area (Å²) in [6, 6.07) is 18.2. The second-order valence-electron chi connectivity index (χ2n) is 6.29. The summed E-state index contributed by atoms with van der Waals surface area (Å²) in [6.45, 7) is 2.48. The smallest absolute Gasteiger partial charge is 0.337 e. The number of carbonyl (C=O) groups is 2. The van der Waals surface area contributed by atoms with Crippen LogP contribution in [0.1, 0.15) is 31.8 Å². The van der Waals surface area contributed by atoms with Crippen molar-refractivity contribution in [3.8, 4) is 0 Å². The Hall–Kier alpha value is -3.67. The number of ether oxygens (including phenoxy) is 1. The van der Waals surface area contributed by atoms with Crippen LogP contribution in [0, 0.1) is 6.92 Å². The summed E-state index contributed by atoms with van der Waals surface area (Å²) in [5.74, 6) is -0.0298. The van der Waals surface area contributed by atoms with E-state index in [9.17, 15) is 9.59 Å². The largest absolute Gasteiger partial charge is 0.465 e. The van der Waals surface area contributed by atoms with Crippen LogP contribution in [0.3, 0.4) is 0 Å². The molecule has 0 saturated heterocycles. The Morgan fingerprint density at radius 2 is 1.68 bits per heavy atom. The molecule has 1 heterocycles. The van der Waals surface area contributed by atoms with Crippen LogP contribution < -0.4 is 10.6 Å². The lowest BCUT2D eigenvalue weighted by Crippen LogP contribution is -2.22. The lowest BCUT2D eigenvalue weighted by molar-refractivity contribution is 0.0600. The molecule has 2 aromatic carbocycles. The van der Waals surface area contributed by atoms with Crippen LogP contribution in [0.2, 0.25) is 0 Å². The molecule has 0 atom stereocenters. The number of anilines is 2. The third-order valence-corrected chi connectivity index (χ3v) is 4.17. The van der Waals surface area contributed by atoms with Gasteiger partial charge in [0.2, 0.25) is 0 Å². The first kappa shape index (κ1) is 19.1. The van der Waals surface area contributed by atoms with E-state index in [2.05, 4.69) is 20.4 Å². The molecule has 3 aromatic rings. The highest BCUT2D eigenvalue weighted by atomic mass is 16.5.